The molecular formula is C16H21BrIN5O2S. The Bertz CT molecular complexity index is 825. The standard InChI is InChI=1S/C16H21BrIN5O2S/c1-10-7-21(5-6-22(10)15(24)25-16(2,3)4)13-12-11(17)8-23(26-18)14(12)20-9-19-13/h8-10H,5-7H2,1-4H3. The van der Waals surface area contributed by atoms with E-state index < -0.39 is 5.60 Å². The molecule has 0 radical (unpaired) electrons. The third kappa shape index (κ3) is 4.06. The third-order valence-electron chi connectivity index (χ3n) is 4.11. The Kier molecular flexibility index (Phi) is 5.92. The first kappa shape index (κ1) is 20.0. The normalized spacial score (nSPS) is 18.5. The van der Waals surface area contributed by atoms with Crippen LogP contribution in [0.2, 0.25) is 0 Å². The summed E-state index contributed by atoms with van der Waals surface area (Å²) in [5.74, 6) is 0.891. The number of hydrogen-bond acceptors (Lipinski definition) is 6. The van der Waals surface area contributed by atoms with Crippen LogP contribution < -0.4 is 4.90 Å². The van der Waals surface area contributed by atoms with E-state index in [2.05, 4.69) is 52.0 Å². The molecule has 0 spiro atoms. The Morgan fingerprint density at radius 1 is 1.38 bits per heavy atom. The Hall–Kier alpha value is -0.750. The number of carbonyl (C=O) groups is 1. The predicted octanol–water partition coefficient (Wildman–Crippen LogP) is 4.49. The summed E-state index contributed by atoms with van der Waals surface area (Å²) in [5, 5.41) is 0.995. The smallest absolute Gasteiger partial charge is 0.410 e. The number of ether oxygens (including phenoxy) is 1. The van der Waals surface area contributed by atoms with Crippen LogP contribution in [0.1, 0.15) is 27.7 Å². The molecule has 1 amide bonds. The van der Waals surface area contributed by atoms with Crippen molar-refractivity contribution in [3.05, 3.63) is 17.0 Å². The van der Waals surface area contributed by atoms with Crippen molar-refractivity contribution in [2.45, 2.75) is 39.3 Å². The van der Waals surface area contributed by atoms with Crippen LogP contribution in [0.3, 0.4) is 0 Å². The molecule has 0 bridgehead atoms. The number of piperazine rings is 1. The van der Waals surface area contributed by atoms with Crippen LogP contribution >= 0.6 is 46.3 Å². The van der Waals surface area contributed by atoms with E-state index in [1.807, 2.05) is 37.9 Å². The van der Waals surface area contributed by atoms with Gasteiger partial charge in [-0.2, -0.15) is 0 Å². The van der Waals surface area contributed by atoms with E-state index >= 15 is 0 Å². The van der Waals surface area contributed by atoms with E-state index in [1.165, 1.54) is 0 Å². The number of aromatic nitrogens is 3. The van der Waals surface area contributed by atoms with Crippen LogP contribution in [0.4, 0.5) is 10.6 Å². The van der Waals surface area contributed by atoms with Gasteiger partial charge in [0.05, 0.1) is 5.39 Å². The lowest BCUT2D eigenvalue weighted by Gasteiger charge is -2.40. The molecule has 0 aliphatic carbocycles. The van der Waals surface area contributed by atoms with E-state index in [1.54, 1.807) is 20.3 Å². The molecule has 0 saturated carbocycles. The molecule has 3 heterocycles. The van der Waals surface area contributed by atoms with E-state index in [0.717, 1.165) is 21.3 Å². The van der Waals surface area contributed by atoms with Crippen molar-refractivity contribution in [2.24, 2.45) is 0 Å². The second-order valence-electron chi connectivity index (χ2n) is 7.24. The topological polar surface area (TPSA) is 63.5 Å². The molecule has 0 N–H and O–H groups in total. The Morgan fingerprint density at radius 2 is 2.12 bits per heavy atom. The summed E-state index contributed by atoms with van der Waals surface area (Å²) < 4.78 is 8.50. The molecule has 1 atom stereocenters. The second-order valence-corrected chi connectivity index (χ2v) is 9.80. The Labute approximate surface area is 177 Å². The van der Waals surface area contributed by atoms with Crippen molar-refractivity contribution >= 4 is 69.2 Å². The van der Waals surface area contributed by atoms with Gasteiger partial charge >= 0.3 is 6.09 Å². The van der Waals surface area contributed by atoms with Gasteiger partial charge in [-0.15, -0.1) is 0 Å². The zero-order valence-electron chi connectivity index (χ0n) is 15.1. The van der Waals surface area contributed by atoms with Crippen LogP contribution in [0, 0.1) is 0 Å². The lowest BCUT2D eigenvalue weighted by molar-refractivity contribution is 0.0159. The fourth-order valence-corrected chi connectivity index (χ4v) is 4.96. The summed E-state index contributed by atoms with van der Waals surface area (Å²) in [4.78, 5) is 25.4. The van der Waals surface area contributed by atoms with Crippen LogP contribution in [0.25, 0.3) is 11.0 Å². The van der Waals surface area contributed by atoms with Crippen molar-refractivity contribution in [1.29, 1.82) is 0 Å². The van der Waals surface area contributed by atoms with Gasteiger partial charge in [0.15, 0.2) is 5.65 Å². The Morgan fingerprint density at radius 3 is 2.73 bits per heavy atom. The molecule has 2 aromatic rings. The molecule has 1 unspecified atom stereocenters. The zero-order chi connectivity index (χ0) is 19.1. The minimum Gasteiger partial charge on any atom is -0.444 e. The average molecular weight is 554 g/mol. The minimum absolute atomic E-state index is 0.0310. The molecule has 26 heavy (non-hydrogen) atoms. The molecule has 7 nitrogen and oxygen atoms in total. The quantitative estimate of drug-likeness (QED) is 0.511. The number of amides is 1. The molecule has 1 fully saturated rings. The van der Waals surface area contributed by atoms with Crippen molar-refractivity contribution in [2.75, 3.05) is 24.5 Å². The third-order valence-corrected chi connectivity index (χ3v) is 6.42. The monoisotopic (exact) mass is 553 g/mol. The maximum absolute atomic E-state index is 12.4. The number of carbonyl (C=O) groups excluding carboxylic acids is 1. The van der Waals surface area contributed by atoms with E-state index in [9.17, 15) is 4.79 Å². The van der Waals surface area contributed by atoms with Gasteiger partial charge in [0.2, 0.25) is 0 Å². The van der Waals surface area contributed by atoms with Gasteiger partial charge in [0.25, 0.3) is 0 Å². The molecule has 1 aliphatic rings. The molecular weight excluding hydrogens is 533 g/mol. The van der Waals surface area contributed by atoms with Crippen molar-refractivity contribution in [3.8, 4) is 0 Å². The number of fused-ring (bicyclic) bond motifs is 1. The van der Waals surface area contributed by atoms with Crippen LogP contribution in [-0.4, -0.2) is 56.2 Å². The highest BCUT2D eigenvalue weighted by molar-refractivity contribution is 14.2. The van der Waals surface area contributed by atoms with Crippen molar-refractivity contribution in [1.82, 2.24) is 18.8 Å². The fraction of sp³-hybridized carbons (Fsp3) is 0.562. The zero-order valence-corrected chi connectivity index (χ0v) is 19.6. The molecule has 1 saturated heterocycles. The number of nitrogens with zero attached hydrogens (tertiary/aromatic N) is 5. The number of hydrogen-bond donors (Lipinski definition) is 0. The number of halogens is 2. The average Bonchev–Trinajstić information content (AvgIpc) is 2.89. The SMILES string of the molecule is CC1CN(c2ncnc3c2c(Br)cn3SI)CCN1C(=O)OC(C)(C)C. The van der Waals surface area contributed by atoms with Crippen molar-refractivity contribution < 1.29 is 9.53 Å². The molecule has 1 aliphatic heterocycles. The maximum Gasteiger partial charge on any atom is 0.410 e. The summed E-state index contributed by atoms with van der Waals surface area (Å²) in [6.45, 7) is 9.69. The van der Waals surface area contributed by atoms with E-state index in [-0.39, 0.29) is 12.1 Å². The number of rotatable bonds is 2. The molecule has 142 valence electrons. The highest BCUT2D eigenvalue weighted by Gasteiger charge is 2.32. The van der Waals surface area contributed by atoms with Gasteiger partial charge in [-0.3, -0.25) is 3.97 Å². The lowest BCUT2D eigenvalue weighted by Crippen LogP contribution is -2.55. The van der Waals surface area contributed by atoms with E-state index in [0.29, 0.717) is 19.6 Å². The summed E-state index contributed by atoms with van der Waals surface area (Å²) in [5.41, 5.74) is 0.390. The minimum atomic E-state index is -0.488. The fourth-order valence-electron chi connectivity index (χ4n) is 3.01. The summed E-state index contributed by atoms with van der Waals surface area (Å²) in [6.07, 6.45) is 3.34. The Balaban J connectivity index is 1.83. The van der Waals surface area contributed by atoms with Crippen LogP contribution in [-0.2, 0) is 4.74 Å². The largest absolute Gasteiger partial charge is 0.444 e. The highest BCUT2D eigenvalue weighted by atomic mass is 127. The van der Waals surface area contributed by atoms with E-state index in [4.69, 9.17) is 4.74 Å². The van der Waals surface area contributed by atoms with Gasteiger partial charge in [0.1, 0.15) is 17.7 Å². The molecule has 2 aromatic heterocycles. The summed E-state index contributed by atoms with van der Waals surface area (Å²) >= 11 is 5.86. The lowest BCUT2D eigenvalue weighted by atomic mass is 10.2. The van der Waals surface area contributed by atoms with Gasteiger partial charge in [0, 0.05) is 66.7 Å². The predicted molar refractivity (Wildman–Crippen MR) is 117 cm³/mol. The summed E-state index contributed by atoms with van der Waals surface area (Å²) in [6, 6.07) is 0.0310. The van der Waals surface area contributed by atoms with Gasteiger partial charge in [-0.25, -0.2) is 14.8 Å². The highest BCUT2D eigenvalue weighted by Crippen LogP contribution is 2.36. The molecule has 3 rings (SSSR count). The maximum atomic E-state index is 12.4. The van der Waals surface area contributed by atoms with Gasteiger partial charge in [-0.05, 0) is 43.6 Å². The summed E-state index contributed by atoms with van der Waals surface area (Å²) in [7, 11) is 1.56. The van der Waals surface area contributed by atoms with Crippen LogP contribution in [0.5, 0.6) is 0 Å². The molecule has 0 aromatic carbocycles. The van der Waals surface area contributed by atoms with Gasteiger partial charge in [-0.1, -0.05) is 0 Å². The first-order valence-corrected chi connectivity index (χ1v) is 12.4. The molecule has 10 heteroatoms. The van der Waals surface area contributed by atoms with Crippen molar-refractivity contribution in [3.63, 3.8) is 0 Å². The second kappa shape index (κ2) is 7.70. The first-order chi connectivity index (χ1) is 12.2. The van der Waals surface area contributed by atoms with Crippen LogP contribution in [0.15, 0.2) is 17.0 Å². The first-order valence-electron chi connectivity index (χ1n) is 8.26. The number of anilines is 1. The van der Waals surface area contributed by atoms with Gasteiger partial charge < -0.3 is 14.5 Å².